The molecule has 1 spiro atoms. The van der Waals surface area contributed by atoms with Gasteiger partial charge in [0.2, 0.25) is 5.88 Å². The van der Waals surface area contributed by atoms with Crippen molar-refractivity contribution in [3.63, 3.8) is 0 Å². The molecule has 0 radical (unpaired) electrons. The molecule has 0 aromatic carbocycles. The van der Waals surface area contributed by atoms with E-state index < -0.39 is 17.6 Å². The van der Waals surface area contributed by atoms with Crippen LogP contribution in [0.5, 0.6) is 5.88 Å². The second kappa shape index (κ2) is 9.35. The lowest BCUT2D eigenvalue weighted by atomic mass is 9.68. The van der Waals surface area contributed by atoms with Crippen molar-refractivity contribution >= 4 is 0 Å². The number of methoxy groups -OCH3 is 1. The highest BCUT2D eigenvalue weighted by Gasteiger charge is 2.48. The number of rotatable bonds is 7. The quantitative estimate of drug-likeness (QED) is 0.600. The molecule has 2 fully saturated rings. The van der Waals surface area contributed by atoms with E-state index in [4.69, 9.17) is 14.5 Å². The summed E-state index contributed by atoms with van der Waals surface area (Å²) in [6.45, 7) is 1.69. The van der Waals surface area contributed by atoms with Crippen LogP contribution < -0.4 is 10.1 Å². The molecule has 1 unspecified atom stereocenters. The van der Waals surface area contributed by atoms with Gasteiger partial charge in [0.1, 0.15) is 5.56 Å². The zero-order valence-corrected chi connectivity index (χ0v) is 18.4. The van der Waals surface area contributed by atoms with Crippen LogP contribution in [-0.4, -0.2) is 35.8 Å². The Balaban J connectivity index is 1.45. The molecule has 1 saturated heterocycles. The lowest BCUT2D eigenvalue weighted by molar-refractivity contribution is -0.139. The van der Waals surface area contributed by atoms with Crippen LogP contribution in [-0.2, 0) is 22.9 Å². The van der Waals surface area contributed by atoms with E-state index in [2.05, 4.69) is 16.4 Å². The molecule has 2 aromatic heterocycles. The molecule has 1 N–H and O–H groups in total. The Kier molecular flexibility index (Phi) is 6.72. The molecule has 2 aromatic rings. The Labute approximate surface area is 186 Å². The van der Waals surface area contributed by atoms with E-state index in [1.165, 1.54) is 26.1 Å². The molecule has 0 amide bonds. The van der Waals surface area contributed by atoms with E-state index in [1.54, 1.807) is 0 Å². The highest BCUT2D eigenvalue weighted by Crippen LogP contribution is 2.49. The van der Waals surface area contributed by atoms with Crippen molar-refractivity contribution in [1.29, 1.82) is 0 Å². The fraction of sp³-hybridized carbons (Fsp3) is 0.583. The predicted molar refractivity (Wildman–Crippen MR) is 114 cm³/mol. The summed E-state index contributed by atoms with van der Waals surface area (Å²) >= 11 is 0. The Morgan fingerprint density at radius 2 is 1.97 bits per heavy atom. The van der Waals surface area contributed by atoms with Crippen molar-refractivity contribution in [2.75, 3.05) is 20.3 Å². The highest BCUT2D eigenvalue weighted by atomic mass is 19.4. The monoisotopic (exact) mass is 449 g/mol. The first-order chi connectivity index (χ1) is 15.4. The molecule has 4 rings (SSSR count). The number of halogens is 3. The number of pyridine rings is 2. The average molecular weight is 450 g/mol. The molecule has 1 atom stereocenters. The van der Waals surface area contributed by atoms with Crippen LogP contribution in [0.15, 0.2) is 36.7 Å². The number of nitrogens with zero attached hydrogens (tertiary/aromatic N) is 2. The van der Waals surface area contributed by atoms with Crippen LogP contribution in [0, 0.1) is 0 Å². The Hall–Kier alpha value is -2.19. The molecule has 174 valence electrons. The zero-order valence-electron chi connectivity index (χ0n) is 18.4. The molecule has 5 nitrogen and oxygen atoms in total. The zero-order chi connectivity index (χ0) is 22.7. The first kappa shape index (κ1) is 23.0. The van der Waals surface area contributed by atoms with Crippen molar-refractivity contribution < 1.29 is 22.6 Å². The summed E-state index contributed by atoms with van der Waals surface area (Å²) in [5.74, 6) is -0.403. The van der Waals surface area contributed by atoms with Crippen molar-refractivity contribution in [2.45, 2.75) is 68.7 Å². The fourth-order valence-electron chi connectivity index (χ4n) is 5.31. The number of ether oxygens (including phenoxy) is 2. The van der Waals surface area contributed by atoms with Crippen LogP contribution >= 0.6 is 0 Å². The van der Waals surface area contributed by atoms with Gasteiger partial charge in [0, 0.05) is 36.7 Å². The summed E-state index contributed by atoms with van der Waals surface area (Å²) in [4.78, 5) is 8.52. The molecule has 3 heterocycles. The van der Waals surface area contributed by atoms with E-state index in [9.17, 15) is 13.2 Å². The SMILES string of the molecule is COc1ncc(CNCCC2(c3ccccn3)CCOC3(CCCC3)C2)cc1C(F)(F)F. The highest BCUT2D eigenvalue weighted by molar-refractivity contribution is 5.32. The van der Waals surface area contributed by atoms with Gasteiger partial charge in [0.05, 0.1) is 12.7 Å². The van der Waals surface area contributed by atoms with Gasteiger partial charge in [-0.05, 0) is 62.4 Å². The first-order valence-corrected chi connectivity index (χ1v) is 11.2. The second-order valence-corrected chi connectivity index (χ2v) is 8.99. The summed E-state index contributed by atoms with van der Waals surface area (Å²) in [6, 6.07) is 7.15. The smallest absolute Gasteiger partial charge is 0.421 e. The summed E-state index contributed by atoms with van der Waals surface area (Å²) in [7, 11) is 1.19. The van der Waals surface area contributed by atoms with E-state index in [0.717, 1.165) is 43.9 Å². The molecule has 1 aliphatic carbocycles. The van der Waals surface area contributed by atoms with Gasteiger partial charge in [-0.25, -0.2) is 4.98 Å². The molecule has 1 aliphatic heterocycles. The molecule has 1 saturated carbocycles. The van der Waals surface area contributed by atoms with Crippen LogP contribution in [0.25, 0.3) is 0 Å². The van der Waals surface area contributed by atoms with E-state index in [-0.39, 0.29) is 11.0 Å². The maximum Gasteiger partial charge on any atom is 0.421 e. The van der Waals surface area contributed by atoms with Crippen molar-refractivity contribution in [3.05, 3.63) is 53.5 Å². The lowest BCUT2D eigenvalue weighted by Gasteiger charge is -2.46. The second-order valence-electron chi connectivity index (χ2n) is 8.99. The standard InChI is InChI=1S/C24H30F3N3O2/c1-31-21-19(24(25,26)27)14-18(16-30-21)15-28-12-9-22(20-6-2-5-11-29-20)10-13-32-23(17-22)7-3-4-8-23/h2,5-6,11,14,16,28H,3-4,7-10,12-13,15,17H2,1H3. The average Bonchev–Trinajstić information content (AvgIpc) is 3.24. The maximum atomic E-state index is 13.3. The van der Waals surface area contributed by atoms with Gasteiger partial charge in [-0.3, -0.25) is 4.98 Å². The minimum absolute atomic E-state index is 0.0582. The van der Waals surface area contributed by atoms with Crippen LogP contribution in [0.3, 0.4) is 0 Å². The van der Waals surface area contributed by atoms with Gasteiger partial charge in [-0.1, -0.05) is 18.9 Å². The third kappa shape index (κ3) is 4.91. The van der Waals surface area contributed by atoms with E-state index in [0.29, 0.717) is 25.3 Å². The predicted octanol–water partition coefficient (Wildman–Crippen LogP) is 5.04. The Bertz CT molecular complexity index is 901. The number of hydrogen-bond donors (Lipinski definition) is 1. The minimum Gasteiger partial charge on any atom is -0.481 e. The van der Waals surface area contributed by atoms with Crippen molar-refractivity contribution in [3.8, 4) is 5.88 Å². The van der Waals surface area contributed by atoms with Crippen LogP contribution in [0.2, 0.25) is 0 Å². The van der Waals surface area contributed by atoms with E-state index >= 15 is 0 Å². The van der Waals surface area contributed by atoms with Gasteiger partial charge in [-0.2, -0.15) is 13.2 Å². The summed E-state index contributed by atoms with van der Waals surface area (Å²) in [5, 5.41) is 3.32. The molecule has 32 heavy (non-hydrogen) atoms. The minimum atomic E-state index is -4.50. The number of hydrogen-bond acceptors (Lipinski definition) is 5. The number of nitrogens with one attached hydrogen (secondary N) is 1. The normalized spacial score (nSPS) is 22.9. The summed E-state index contributed by atoms with van der Waals surface area (Å²) in [6.07, 6.45) is 6.03. The maximum absolute atomic E-state index is 13.3. The molecular formula is C24H30F3N3O2. The largest absolute Gasteiger partial charge is 0.481 e. The van der Waals surface area contributed by atoms with Gasteiger partial charge in [0.15, 0.2) is 0 Å². The van der Waals surface area contributed by atoms with Crippen molar-refractivity contribution in [2.24, 2.45) is 0 Å². The van der Waals surface area contributed by atoms with Crippen LogP contribution in [0.1, 0.15) is 61.8 Å². The number of aromatic nitrogens is 2. The topological polar surface area (TPSA) is 56.3 Å². The Morgan fingerprint density at radius 1 is 1.16 bits per heavy atom. The number of alkyl halides is 3. The molecule has 0 bridgehead atoms. The summed E-state index contributed by atoms with van der Waals surface area (Å²) in [5.41, 5.74) is 0.562. The third-order valence-electron chi connectivity index (χ3n) is 6.89. The van der Waals surface area contributed by atoms with Gasteiger partial charge >= 0.3 is 6.18 Å². The van der Waals surface area contributed by atoms with Gasteiger partial charge < -0.3 is 14.8 Å². The van der Waals surface area contributed by atoms with Crippen LogP contribution in [0.4, 0.5) is 13.2 Å². The third-order valence-corrected chi connectivity index (χ3v) is 6.89. The molecule has 8 heteroatoms. The van der Waals surface area contributed by atoms with Gasteiger partial charge in [-0.15, -0.1) is 0 Å². The molecule has 2 aliphatic rings. The van der Waals surface area contributed by atoms with E-state index in [1.807, 2.05) is 18.3 Å². The van der Waals surface area contributed by atoms with Crippen molar-refractivity contribution in [1.82, 2.24) is 15.3 Å². The fourth-order valence-corrected chi connectivity index (χ4v) is 5.31. The Morgan fingerprint density at radius 3 is 2.66 bits per heavy atom. The molecular weight excluding hydrogens is 419 g/mol. The summed E-state index contributed by atoms with van der Waals surface area (Å²) < 4.78 is 50.9. The first-order valence-electron chi connectivity index (χ1n) is 11.2. The lowest BCUT2D eigenvalue weighted by Crippen LogP contribution is -2.47. The van der Waals surface area contributed by atoms with Gasteiger partial charge in [0.25, 0.3) is 0 Å².